The molecule has 1 N–H and O–H groups in total. The van der Waals surface area contributed by atoms with Crippen LogP contribution in [0.3, 0.4) is 0 Å². The van der Waals surface area contributed by atoms with E-state index in [0.717, 1.165) is 50.4 Å². The molecule has 0 radical (unpaired) electrons. The van der Waals surface area contributed by atoms with Crippen molar-refractivity contribution in [3.05, 3.63) is 23.3 Å². The molecule has 112 valence electrons. The molecule has 0 unspecified atom stereocenters. The molecule has 0 saturated heterocycles. The molecule has 6 nitrogen and oxygen atoms in total. The molecule has 20 heavy (non-hydrogen) atoms. The third kappa shape index (κ3) is 4.50. The molecule has 0 aliphatic carbocycles. The molecule has 0 fully saturated rings. The highest BCUT2D eigenvalue weighted by molar-refractivity contribution is 7.88. The Labute approximate surface area is 120 Å². The van der Waals surface area contributed by atoms with Crippen molar-refractivity contribution >= 4 is 10.0 Å². The minimum Gasteiger partial charge on any atom is -0.297 e. The van der Waals surface area contributed by atoms with Gasteiger partial charge in [-0.25, -0.2) is 23.1 Å². The third-order valence-corrected chi connectivity index (χ3v) is 4.13. The van der Waals surface area contributed by atoms with Gasteiger partial charge in [0.15, 0.2) is 0 Å². The zero-order valence-corrected chi connectivity index (χ0v) is 12.9. The van der Waals surface area contributed by atoms with Crippen LogP contribution < -0.4 is 4.72 Å². The van der Waals surface area contributed by atoms with Gasteiger partial charge in [0.2, 0.25) is 10.0 Å². The Hall–Kier alpha value is -1.05. The van der Waals surface area contributed by atoms with E-state index < -0.39 is 10.0 Å². The number of fused-ring (bicyclic) bond motifs is 1. The van der Waals surface area contributed by atoms with E-state index in [1.54, 1.807) is 0 Å². The number of hydrogen-bond donors (Lipinski definition) is 1. The molecule has 1 aliphatic rings. The third-order valence-electron chi connectivity index (χ3n) is 3.41. The van der Waals surface area contributed by atoms with Gasteiger partial charge in [-0.3, -0.25) is 4.90 Å². The molecule has 0 atom stereocenters. The second-order valence-corrected chi connectivity index (χ2v) is 6.99. The van der Waals surface area contributed by atoms with E-state index in [1.165, 1.54) is 11.8 Å². The molecule has 1 aromatic rings. The smallest absolute Gasteiger partial charge is 0.208 e. The van der Waals surface area contributed by atoms with Crippen molar-refractivity contribution in [3.63, 3.8) is 0 Å². The first-order valence-corrected chi connectivity index (χ1v) is 8.87. The van der Waals surface area contributed by atoms with E-state index in [1.807, 2.05) is 6.20 Å². The summed E-state index contributed by atoms with van der Waals surface area (Å²) in [6.45, 7) is 5.25. The zero-order chi connectivity index (χ0) is 14.6. The fraction of sp³-hybridized carbons (Fsp3) is 0.692. The highest BCUT2D eigenvalue weighted by Gasteiger charge is 2.17. The normalized spacial score (nSPS) is 16.1. The first-order chi connectivity index (χ1) is 9.48. The molecule has 0 bridgehead atoms. The predicted octanol–water partition coefficient (Wildman–Crippen LogP) is 0.336. The average Bonchev–Trinajstić information content (AvgIpc) is 2.41. The Bertz CT molecular complexity index is 559. The number of sulfonamides is 1. The fourth-order valence-electron chi connectivity index (χ4n) is 2.32. The summed E-state index contributed by atoms with van der Waals surface area (Å²) in [5.74, 6) is 0.893. The largest absolute Gasteiger partial charge is 0.297 e. The molecular weight excluding hydrogens is 276 g/mol. The predicted molar refractivity (Wildman–Crippen MR) is 77.9 cm³/mol. The van der Waals surface area contributed by atoms with E-state index in [-0.39, 0.29) is 0 Å². The second kappa shape index (κ2) is 6.60. The lowest BCUT2D eigenvalue weighted by Crippen LogP contribution is -2.34. The maximum atomic E-state index is 11.0. The Kier molecular flexibility index (Phi) is 5.06. The van der Waals surface area contributed by atoms with Gasteiger partial charge in [0.05, 0.1) is 11.9 Å². The minimum atomic E-state index is -3.07. The van der Waals surface area contributed by atoms with Crippen LogP contribution in [-0.2, 0) is 29.4 Å². The van der Waals surface area contributed by atoms with E-state index in [2.05, 4.69) is 26.5 Å². The van der Waals surface area contributed by atoms with Gasteiger partial charge < -0.3 is 0 Å². The summed E-state index contributed by atoms with van der Waals surface area (Å²) in [5, 5.41) is 0. The van der Waals surface area contributed by atoms with Gasteiger partial charge in [-0.2, -0.15) is 0 Å². The van der Waals surface area contributed by atoms with Gasteiger partial charge in [0.25, 0.3) is 0 Å². The summed E-state index contributed by atoms with van der Waals surface area (Å²) >= 11 is 0. The zero-order valence-electron chi connectivity index (χ0n) is 12.1. The van der Waals surface area contributed by atoms with Crippen molar-refractivity contribution in [2.24, 2.45) is 0 Å². The van der Waals surface area contributed by atoms with E-state index in [0.29, 0.717) is 6.54 Å². The Balaban J connectivity index is 1.84. The van der Waals surface area contributed by atoms with E-state index in [9.17, 15) is 8.42 Å². The van der Waals surface area contributed by atoms with Gasteiger partial charge in [0.1, 0.15) is 5.82 Å². The Morgan fingerprint density at radius 3 is 2.95 bits per heavy atom. The topological polar surface area (TPSA) is 75.2 Å². The molecule has 0 amide bonds. The van der Waals surface area contributed by atoms with Crippen molar-refractivity contribution < 1.29 is 8.42 Å². The number of aryl methyl sites for hydroxylation is 1. The SMILES string of the molecule is CCc1ncc2c(n1)CN(CCCNS(C)(=O)=O)CC2. The van der Waals surface area contributed by atoms with Crippen LogP contribution >= 0.6 is 0 Å². The van der Waals surface area contributed by atoms with Crippen LogP contribution in [0.1, 0.15) is 30.4 Å². The maximum Gasteiger partial charge on any atom is 0.208 e. The lowest BCUT2D eigenvalue weighted by molar-refractivity contribution is 0.247. The number of aromatic nitrogens is 2. The quantitative estimate of drug-likeness (QED) is 0.766. The lowest BCUT2D eigenvalue weighted by Gasteiger charge is -2.27. The summed E-state index contributed by atoms with van der Waals surface area (Å²) in [6.07, 6.45) is 5.77. The van der Waals surface area contributed by atoms with Crippen LogP contribution in [0.25, 0.3) is 0 Å². The van der Waals surface area contributed by atoms with Crippen LogP contribution in [0.5, 0.6) is 0 Å². The Morgan fingerprint density at radius 2 is 2.25 bits per heavy atom. The van der Waals surface area contributed by atoms with Gasteiger partial charge in [-0.05, 0) is 24.9 Å². The van der Waals surface area contributed by atoms with Gasteiger partial charge >= 0.3 is 0 Å². The molecule has 1 aliphatic heterocycles. The maximum absolute atomic E-state index is 11.0. The molecule has 0 aromatic carbocycles. The first kappa shape index (κ1) is 15.3. The molecule has 0 saturated carbocycles. The van der Waals surface area contributed by atoms with Gasteiger partial charge in [-0.1, -0.05) is 6.92 Å². The molecule has 2 rings (SSSR count). The van der Waals surface area contributed by atoms with Crippen LogP contribution in [0.2, 0.25) is 0 Å². The molecular formula is C13H22N4O2S. The van der Waals surface area contributed by atoms with Crippen LogP contribution in [0, 0.1) is 0 Å². The summed E-state index contributed by atoms with van der Waals surface area (Å²) in [5.41, 5.74) is 2.37. The fourth-order valence-corrected chi connectivity index (χ4v) is 2.84. The minimum absolute atomic E-state index is 0.492. The van der Waals surface area contributed by atoms with Gasteiger partial charge in [-0.15, -0.1) is 0 Å². The molecule has 7 heteroatoms. The lowest BCUT2D eigenvalue weighted by atomic mass is 10.1. The van der Waals surface area contributed by atoms with E-state index >= 15 is 0 Å². The van der Waals surface area contributed by atoms with Crippen LogP contribution in [-0.4, -0.2) is 49.2 Å². The summed E-state index contributed by atoms with van der Waals surface area (Å²) in [6, 6.07) is 0. The van der Waals surface area contributed by atoms with Crippen molar-refractivity contribution in [1.82, 2.24) is 19.6 Å². The number of nitrogens with one attached hydrogen (secondary N) is 1. The van der Waals surface area contributed by atoms with Gasteiger partial charge in [0, 0.05) is 32.3 Å². The molecule has 0 spiro atoms. The summed E-state index contributed by atoms with van der Waals surface area (Å²) in [7, 11) is -3.07. The van der Waals surface area contributed by atoms with Crippen molar-refractivity contribution in [3.8, 4) is 0 Å². The standard InChI is InChI=1S/C13H22N4O2S/c1-3-13-14-9-11-5-8-17(10-12(11)16-13)7-4-6-15-20(2,18)19/h9,15H,3-8,10H2,1-2H3. The van der Waals surface area contributed by atoms with Crippen LogP contribution in [0.15, 0.2) is 6.20 Å². The first-order valence-electron chi connectivity index (χ1n) is 6.98. The highest BCUT2D eigenvalue weighted by Crippen LogP contribution is 2.16. The highest BCUT2D eigenvalue weighted by atomic mass is 32.2. The molecule has 1 aromatic heterocycles. The monoisotopic (exact) mass is 298 g/mol. The van der Waals surface area contributed by atoms with Crippen molar-refractivity contribution in [2.45, 2.75) is 32.7 Å². The average molecular weight is 298 g/mol. The van der Waals surface area contributed by atoms with Crippen molar-refractivity contribution in [2.75, 3.05) is 25.9 Å². The number of rotatable bonds is 6. The summed E-state index contributed by atoms with van der Waals surface area (Å²) in [4.78, 5) is 11.2. The second-order valence-electron chi connectivity index (χ2n) is 5.16. The number of nitrogens with zero attached hydrogens (tertiary/aromatic N) is 3. The number of hydrogen-bond acceptors (Lipinski definition) is 5. The van der Waals surface area contributed by atoms with Crippen molar-refractivity contribution in [1.29, 1.82) is 0 Å². The molecule has 2 heterocycles. The summed E-state index contributed by atoms with van der Waals surface area (Å²) < 4.78 is 24.5. The van der Waals surface area contributed by atoms with E-state index in [4.69, 9.17) is 0 Å². The Morgan fingerprint density at radius 1 is 1.45 bits per heavy atom. The van der Waals surface area contributed by atoms with Crippen LogP contribution in [0.4, 0.5) is 0 Å².